The number of rotatable bonds is 3. The van der Waals surface area contributed by atoms with E-state index in [0.717, 1.165) is 35.1 Å². The molecule has 0 radical (unpaired) electrons. The molecular weight excluding hydrogens is 296 g/mol. The second-order valence-corrected chi connectivity index (χ2v) is 7.66. The van der Waals surface area contributed by atoms with Gasteiger partial charge in [0.05, 0.1) is 4.91 Å². The molecule has 0 aliphatic carbocycles. The van der Waals surface area contributed by atoms with Crippen LogP contribution < -0.4 is 0 Å². The summed E-state index contributed by atoms with van der Waals surface area (Å²) in [5.41, 5.74) is 3.27. The van der Waals surface area contributed by atoms with Gasteiger partial charge < -0.3 is 4.57 Å². The number of aromatic nitrogens is 1. The Balaban J connectivity index is 2.39. The summed E-state index contributed by atoms with van der Waals surface area (Å²) in [7, 11) is 0. The van der Waals surface area contributed by atoms with E-state index >= 15 is 0 Å². The van der Waals surface area contributed by atoms with E-state index in [1.165, 1.54) is 4.90 Å². The van der Waals surface area contributed by atoms with Crippen LogP contribution >= 0.6 is 11.8 Å². The van der Waals surface area contributed by atoms with Crippen molar-refractivity contribution in [3.8, 4) is 0 Å². The molecule has 2 rings (SSSR count). The highest BCUT2D eigenvalue weighted by molar-refractivity contribution is 8.18. The number of carbonyl (C=O) groups is 2. The van der Waals surface area contributed by atoms with E-state index in [4.69, 9.17) is 0 Å². The van der Waals surface area contributed by atoms with Crippen molar-refractivity contribution in [2.45, 2.75) is 53.5 Å². The second-order valence-electron chi connectivity index (χ2n) is 6.67. The summed E-state index contributed by atoms with van der Waals surface area (Å²) in [4.78, 5) is 26.1. The fourth-order valence-corrected chi connectivity index (χ4v) is 3.88. The molecule has 2 amide bonds. The van der Waals surface area contributed by atoms with Crippen LogP contribution in [0.25, 0.3) is 6.08 Å². The number of imide groups is 1. The summed E-state index contributed by atoms with van der Waals surface area (Å²) in [6, 6.07) is 2.08. The Bertz CT molecular complexity index is 650. The molecule has 1 aliphatic rings. The van der Waals surface area contributed by atoms with Gasteiger partial charge in [0.15, 0.2) is 0 Å². The van der Waals surface area contributed by atoms with Gasteiger partial charge in [-0.2, -0.15) is 0 Å². The van der Waals surface area contributed by atoms with Crippen LogP contribution in [0.15, 0.2) is 11.0 Å². The SMILES string of the molecule is CCCN1C(=O)S/C(=C/c2cc(C)n(C(C)(C)C)c2C)C1=O. The number of hydrogen-bond acceptors (Lipinski definition) is 3. The second kappa shape index (κ2) is 5.95. The summed E-state index contributed by atoms with van der Waals surface area (Å²) >= 11 is 1.04. The monoisotopic (exact) mass is 320 g/mol. The number of hydrogen-bond donors (Lipinski definition) is 0. The van der Waals surface area contributed by atoms with Crippen molar-refractivity contribution in [3.63, 3.8) is 0 Å². The molecule has 1 saturated heterocycles. The lowest BCUT2D eigenvalue weighted by molar-refractivity contribution is -0.122. The molecule has 0 atom stereocenters. The summed E-state index contributed by atoms with van der Waals surface area (Å²) in [6.07, 6.45) is 2.63. The predicted octanol–water partition coefficient (Wildman–Crippen LogP) is 4.31. The molecule has 0 saturated carbocycles. The van der Waals surface area contributed by atoms with Crippen LogP contribution in [0.5, 0.6) is 0 Å². The molecule has 4 nitrogen and oxygen atoms in total. The molecular formula is C17H24N2O2S. The molecule has 1 aliphatic heterocycles. The molecule has 0 N–H and O–H groups in total. The van der Waals surface area contributed by atoms with Crippen LogP contribution in [0.4, 0.5) is 4.79 Å². The van der Waals surface area contributed by atoms with Gasteiger partial charge in [-0.1, -0.05) is 6.92 Å². The van der Waals surface area contributed by atoms with Gasteiger partial charge in [0, 0.05) is 23.5 Å². The standard InChI is InChI=1S/C17H24N2O2S/c1-7-8-18-15(20)14(22-16(18)21)10-13-9-11(2)19(12(13)3)17(4,5)6/h9-10H,7-8H2,1-6H3/b14-10+. The Morgan fingerprint density at radius 1 is 1.23 bits per heavy atom. The maximum Gasteiger partial charge on any atom is 0.293 e. The van der Waals surface area contributed by atoms with E-state index in [1.54, 1.807) is 0 Å². The van der Waals surface area contributed by atoms with E-state index in [1.807, 2.05) is 13.0 Å². The lowest BCUT2D eigenvalue weighted by atomic mass is 10.1. The molecule has 2 heterocycles. The van der Waals surface area contributed by atoms with Gasteiger partial charge in [0.25, 0.3) is 11.1 Å². The number of thioether (sulfide) groups is 1. The van der Waals surface area contributed by atoms with Crippen molar-refractivity contribution in [1.82, 2.24) is 9.47 Å². The van der Waals surface area contributed by atoms with Gasteiger partial charge in [-0.3, -0.25) is 14.5 Å². The molecule has 22 heavy (non-hydrogen) atoms. The highest BCUT2D eigenvalue weighted by atomic mass is 32.2. The molecule has 0 aromatic carbocycles. The summed E-state index contributed by atoms with van der Waals surface area (Å²) < 4.78 is 2.26. The molecule has 5 heteroatoms. The zero-order valence-electron chi connectivity index (χ0n) is 14.2. The van der Waals surface area contributed by atoms with Crippen molar-refractivity contribution in [2.24, 2.45) is 0 Å². The molecule has 120 valence electrons. The van der Waals surface area contributed by atoms with Crippen molar-refractivity contribution < 1.29 is 9.59 Å². The fraction of sp³-hybridized carbons (Fsp3) is 0.529. The maximum absolute atomic E-state index is 12.3. The van der Waals surface area contributed by atoms with E-state index in [2.05, 4.69) is 45.3 Å². The smallest absolute Gasteiger partial charge is 0.293 e. The van der Waals surface area contributed by atoms with Crippen LogP contribution in [0.2, 0.25) is 0 Å². The van der Waals surface area contributed by atoms with E-state index in [9.17, 15) is 9.59 Å². The minimum Gasteiger partial charge on any atom is -0.343 e. The molecule has 0 spiro atoms. The Kier molecular flexibility index (Phi) is 4.57. The fourth-order valence-electron chi connectivity index (χ4n) is 3.02. The third-order valence-corrected chi connectivity index (χ3v) is 4.66. The van der Waals surface area contributed by atoms with E-state index < -0.39 is 0 Å². The van der Waals surface area contributed by atoms with Gasteiger partial charge in [-0.15, -0.1) is 0 Å². The summed E-state index contributed by atoms with van der Waals surface area (Å²) in [5, 5.41) is -0.164. The van der Waals surface area contributed by atoms with Crippen molar-refractivity contribution in [1.29, 1.82) is 0 Å². The maximum atomic E-state index is 12.3. The number of amides is 2. The van der Waals surface area contributed by atoms with Gasteiger partial charge in [0.1, 0.15) is 0 Å². The zero-order chi connectivity index (χ0) is 16.7. The van der Waals surface area contributed by atoms with Crippen LogP contribution in [0.3, 0.4) is 0 Å². The average Bonchev–Trinajstić information content (AvgIpc) is 2.81. The Hall–Kier alpha value is -1.49. The van der Waals surface area contributed by atoms with Gasteiger partial charge in [0.2, 0.25) is 0 Å². The number of carbonyl (C=O) groups excluding carboxylic acids is 2. The Morgan fingerprint density at radius 2 is 1.86 bits per heavy atom. The van der Waals surface area contributed by atoms with Crippen molar-refractivity contribution in [2.75, 3.05) is 6.54 Å². The highest BCUT2D eigenvalue weighted by Gasteiger charge is 2.34. The van der Waals surface area contributed by atoms with Gasteiger partial charge in [-0.05, 0) is 70.5 Å². The van der Waals surface area contributed by atoms with Crippen LogP contribution in [-0.2, 0) is 10.3 Å². The lowest BCUT2D eigenvalue weighted by Gasteiger charge is -2.25. The van der Waals surface area contributed by atoms with Crippen molar-refractivity contribution in [3.05, 3.63) is 27.9 Å². The van der Waals surface area contributed by atoms with Gasteiger partial charge >= 0.3 is 0 Å². The van der Waals surface area contributed by atoms with E-state index in [-0.39, 0.29) is 16.7 Å². The average molecular weight is 320 g/mol. The quantitative estimate of drug-likeness (QED) is 0.780. The van der Waals surface area contributed by atoms with Crippen LogP contribution in [-0.4, -0.2) is 27.2 Å². The lowest BCUT2D eigenvalue weighted by Crippen LogP contribution is -2.28. The van der Waals surface area contributed by atoms with Crippen LogP contribution in [0.1, 0.15) is 51.1 Å². The predicted molar refractivity (Wildman–Crippen MR) is 91.9 cm³/mol. The first-order valence-electron chi connectivity index (χ1n) is 7.61. The number of aryl methyl sites for hydroxylation is 1. The normalized spacial score (nSPS) is 17.9. The van der Waals surface area contributed by atoms with Gasteiger partial charge in [-0.25, -0.2) is 0 Å². The Morgan fingerprint density at radius 3 is 2.36 bits per heavy atom. The first kappa shape index (κ1) is 16.9. The van der Waals surface area contributed by atoms with E-state index in [0.29, 0.717) is 11.4 Å². The summed E-state index contributed by atoms with van der Waals surface area (Å²) in [5.74, 6) is -0.169. The first-order valence-corrected chi connectivity index (χ1v) is 8.43. The Labute approximate surface area is 136 Å². The third-order valence-electron chi connectivity index (χ3n) is 3.75. The third kappa shape index (κ3) is 3.00. The largest absolute Gasteiger partial charge is 0.343 e. The minimum atomic E-state index is -0.169. The highest BCUT2D eigenvalue weighted by Crippen LogP contribution is 2.34. The molecule has 1 fully saturated rings. The molecule has 1 aromatic rings. The summed E-state index contributed by atoms with van der Waals surface area (Å²) in [6.45, 7) is 13.1. The molecule has 0 bridgehead atoms. The van der Waals surface area contributed by atoms with Crippen molar-refractivity contribution >= 4 is 29.0 Å². The zero-order valence-corrected chi connectivity index (χ0v) is 15.0. The minimum absolute atomic E-state index is 0.0121. The van der Waals surface area contributed by atoms with Crippen LogP contribution in [0, 0.1) is 13.8 Å². The topological polar surface area (TPSA) is 42.3 Å². The molecule has 0 unspecified atom stereocenters. The first-order chi connectivity index (χ1) is 10.2. The molecule has 1 aromatic heterocycles. The number of nitrogens with zero attached hydrogens (tertiary/aromatic N) is 2.